The zero-order valence-corrected chi connectivity index (χ0v) is 13.0. The van der Waals surface area contributed by atoms with Crippen molar-refractivity contribution < 1.29 is 0 Å². The molecule has 1 heterocycles. The Morgan fingerprint density at radius 3 is 2.37 bits per heavy atom. The lowest BCUT2D eigenvalue weighted by Gasteiger charge is -2.18. The van der Waals surface area contributed by atoms with E-state index < -0.39 is 0 Å². The lowest BCUT2D eigenvalue weighted by atomic mass is 10.1. The van der Waals surface area contributed by atoms with Gasteiger partial charge < -0.3 is 10.6 Å². The van der Waals surface area contributed by atoms with E-state index in [1.165, 1.54) is 19.3 Å². The molecule has 0 bridgehead atoms. The monoisotopic (exact) mass is 264 g/mol. The summed E-state index contributed by atoms with van der Waals surface area (Å²) in [7, 11) is 0. The average molecular weight is 264 g/mol. The van der Waals surface area contributed by atoms with Crippen molar-refractivity contribution in [2.75, 3.05) is 17.2 Å². The molecule has 0 fully saturated rings. The second-order valence-electron chi connectivity index (χ2n) is 5.21. The highest BCUT2D eigenvalue weighted by molar-refractivity contribution is 5.57. The molecule has 1 aromatic heterocycles. The van der Waals surface area contributed by atoms with E-state index in [0.717, 1.165) is 36.0 Å². The van der Waals surface area contributed by atoms with Crippen molar-refractivity contribution in [2.24, 2.45) is 0 Å². The molecule has 0 saturated carbocycles. The Labute approximate surface area is 117 Å². The quantitative estimate of drug-likeness (QED) is 0.747. The smallest absolute Gasteiger partial charge is 0.134 e. The molecule has 0 saturated heterocycles. The average Bonchev–Trinajstić information content (AvgIpc) is 2.38. The van der Waals surface area contributed by atoms with Crippen molar-refractivity contribution in [1.29, 1.82) is 0 Å². The number of unbranched alkanes of at least 4 members (excludes halogenated alkanes) is 1. The summed E-state index contributed by atoms with van der Waals surface area (Å²) >= 11 is 0. The van der Waals surface area contributed by atoms with Crippen LogP contribution in [0, 0.1) is 13.8 Å². The molecule has 0 aromatic carbocycles. The minimum Gasteiger partial charge on any atom is -0.370 e. The molecule has 0 aliphatic rings. The maximum Gasteiger partial charge on any atom is 0.134 e. The van der Waals surface area contributed by atoms with Gasteiger partial charge in [0.1, 0.15) is 17.5 Å². The second-order valence-corrected chi connectivity index (χ2v) is 5.21. The summed E-state index contributed by atoms with van der Waals surface area (Å²) in [4.78, 5) is 9.01. The van der Waals surface area contributed by atoms with E-state index in [4.69, 9.17) is 0 Å². The van der Waals surface area contributed by atoms with Gasteiger partial charge in [-0.2, -0.15) is 0 Å². The van der Waals surface area contributed by atoms with E-state index in [-0.39, 0.29) is 0 Å². The molecule has 1 atom stereocenters. The predicted octanol–water partition coefficient (Wildman–Crippen LogP) is 3.91. The van der Waals surface area contributed by atoms with Gasteiger partial charge in [-0.3, -0.25) is 0 Å². The molecule has 19 heavy (non-hydrogen) atoms. The Morgan fingerprint density at radius 1 is 1.05 bits per heavy atom. The molecule has 0 amide bonds. The Bertz CT molecular complexity index is 390. The van der Waals surface area contributed by atoms with E-state index in [0.29, 0.717) is 6.04 Å². The van der Waals surface area contributed by atoms with Gasteiger partial charge >= 0.3 is 0 Å². The third-order valence-electron chi connectivity index (χ3n) is 3.17. The van der Waals surface area contributed by atoms with Gasteiger partial charge in [0.15, 0.2) is 0 Å². The molecule has 0 aliphatic carbocycles. The summed E-state index contributed by atoms with van der Waals surface area (Å²) < 4.78 is 0. The molecule has 1 aromatic rings. The molecule has 1 rings (SSSR count). The molecule has 0 spiro atoms. The highest BCUT2D eigenvalue weighted by Gasteiger charge is 2.10. The van der Waals surface area contributed by atoms with Crippen molar-refractivity contribution in [3.63, 3.8) is 0 Å². The molecular formula is C15H28N4. The van der Waals surface area contributed by atoms with Crippen LogP contribution in [0.2, 0.25) is 0 Å². The van der Waals surface area contributed by atoms with Crippen LogP contribution in [-0.2, 0) is 0 Å². The van der Waals surface area contributed by atoms with Gasteiger partial charge in [-0.05, 0) is 33.6 Å². The minimum atomic E-state index is 0.451. The SMILES string of the molecule is CCCCC(C)Nc1nc(C)nc(NCCC)c1C. The number of anilines is 2. The lowest BCUT2D eigenvalue weighted by molar-refractivity contribution is 0.642. The second kappa shape index (κ2) is 7.97. The van der Waals surface area contributed by atoms with E-state index in [1.54, 1.807) is 0 Å². The molecular weight excluding hydrogens is 236 g/mol. The Hall–Kier alpha value is -1.32. The summed E-state index contributed by atoms with van der Waals surface area (Å²) in [6, 6.07) is 0.451. The predicted molar refractivity (Wildman–Crippen MR) is 82.9 cm³/mol. The Kier molecular flexibility index (Phi) is 6.60. The first kappa shape index (κ1) is 15.7. The van der Waals surface area contributed by atoms with Crippen LogP contribution >= 0.6 is 0 Å². The largest absolute Gasteiger partial charge is 0.370 e. The van der Waals surface area contributed by atoms with Crippen LogP contribution in [0.25, 0.3) is 0 Å². The van der Waals surface area contributed by atoms with Crippen LogP contribution < -0.4 is 10.6 Å². The summed E-state index contributed by atoms with van der Waals surface area (Å²) in [5.74, 6) is 2.74. The maximum absolute atomic E-state index is 4.53. The summed E-state index contributed by atoms with van der Waals surface area (Å²) in [6.07, 6.45) is 4.75. The van der Waals surface area contributed by atoms with E-state index in [2.05, 4.69) is 48.3 Å². The van der Waals surface area contributed by atoms with Crippen molar-refractivity contribution >= 4 is 11.6 Å². The van der Waals surface area contributed by atoms with Crippen LogP contribution in [0.4, 0.5) is 11.6 Å². The standard InChI is InChI=1S/C15H28N4/c1-6-8-9-11(3)17-15-12(4)14(16-10-7-2)18-13(5)19-15/h11H,6-10H2,1-5H3,(H2,16,17,18,19). The summed E-state index contributed by atoms with van der Waals surface area (Å²) in [6.45, 7) is 11.6. The number of nitrogens with one attached hydrogen (secondary N) is 2. The molecule has 0 radical (unpaired) electrons. The number of hydrogen-bond acceptors (Lipinski definition) is 4. The van der Waals surface area contributed by atoms with Gasteiger partial charge in [0, 0.05) is 18.2 Å². The van der Waals surface area contributed by atoms with Crippen LogP contribution in [-0.4, -0.2) is 22.6 Å². The zero-order chi connectivity index (χ0) is 14.3. The number of hydrogen-bond donors (Lipinski definition) is 2. The fourth-order valence-corrected chi connectivity index (χ4v) is 2.00. The third kappa shape index (κ3) is 5.05. The molecule has 1 unspecified atom stereocenters. The Morgan fingerprint density at radius 2 is 1.74 bits per heavy atom. The molecule has 0 aliphatic heterocycles. The molecule has 4 nitrogen and oxygen atoms in total. The topological polar surface area (TPSA) is 49.8 Å². The Balaban J connectivity index is 2.79. The van der Waals surface area contributed by atoms with Gasteiger partial charge in [0.05, 0.1) is 0 Å². The van der Waals surface area contributed by atoms with E-state index >= 15 is 0 Å². The number of aryl methyl sites for hydroxylation is 1. The number of nitrogens with zero attached hydrogens (tertiary/aromatic N) is 2. The first-order valence-corrected chi connectivity index (χ1v) is 7.44. The van der Waals surface area contributed by atoms with Crippen LogP contribution in [0.1, 0.15) is 57.8 Å². The van der Waals surface area contributed by atoms with E-state index in [1.807, 2.05) is 6.92 Å². The lowest BCUT2D eigenvalue weighted by Crippen LogP contribution is -2.18. The first-order chi connectivity index (χ1) is 9.08. The molecule has 2 N–H and O–H groups in total. The minimum absolute atomic E-state index is 0.451. The molecule has 108 valence electrons. The van der Waals surface area contributed by atoms with Gasteiger partial charge in [-0.1, -0.05) is 26.7 Å². The van der Waals surface area contributed by atoms with Crippen molar-refractivity contribution in [3.8, 4) is 0 Å². The highest BCUT2D eigenvalue weighted by atomic mass is 15.1. The fraction of sp³-hybridized carbons (Fsp3) is 0.733. The van der Waals surface area contributed by atoms with Crippen LogP contribution in [0.5, 0.6) is 0 Å². The number of aromatic nitrogens is 2. The molecule has 4 heteroatoms. The summed E-state index contributed by atoms with van der Waals surface area (Å²) in [5.41, 5.74) is 1.11. The van der Waals surface area contributed by atoms with Crippen molar-refractivity contribution in [2.45, 2.75) is 66.3 Å². The number of rotatable bonds is 8. The summed E-state index contributed by atoms with van der Waals surface area (Å²) in [5, 5.41) is 6.88. The van der Waals surface area contributed by atoms with E-state index in [9.17, 15) is 0 Å². The van der Waals surface area contributed by atoms with Gasteiger partial charge in [-0.15, -0.1) is 0 Å². The highest BCUT2D eigenvalue weighted by Crippen LogP contribution is 2.21. The van der Waals surface area contributed by atoms with Gasteiger partial charge in [-0.25, -0.2) is 9.97 Å². The third-order valence-corrected chi connectivity index (χ3v) is 3.17. The maximum atomic E-state index is 4.53. The fourth-order valence-electron chi connectivity index (χ4n) is 2.00. The van der Waals surface area contributed by atoms with Gasteiger partial charge in [0.25, 0.3) is 0 Å². The zero-order valence-electron chi connectivity index (χ0n) is 13.0. The normalized spacial score (nSPS) is 12.3. The van der Waals surface area contributed by atoms with Crippen molar-refractivity contribution in [3.05, 3.63) is 11.4 Å². The first-order valence-electron chi connectivity index (χ1n) is 7.44. The van der Waals surface area contributed by atoms with Crippen molar-refractivity contribution in [1.82, 2.24) is 9.97 Å². The van der Waals surface area contributed by atoms with Gasteiger partial charge in [0.2, 0.25) is 0 Å². The van der Waals surface area contributed by atoms with Crippen LogP contribution in [0.15, 0.2) is 0 Å². The van der Waals surface area contributed by atoms with Crippen LogP contribution in [0.3, 0.4) is 0 Å².